The van der Waals surface area contributed by atoms with E-state index >= 15 is 0 Å². The van der Waals surface area contributed by atoms with Gasteiger partial charge in [-0.3, -0.25) is 0 Å². The smallest absolute Gasteiger partial charge is 0.316 e. The van der Waals surface area contributed by atoms with E-state index in [1.807, 2.05) is 13.8 Å². The Labute approximate surface area is 97.0 Å². The summed E-state index contributed by atoms with van der Waals surface area (Å²) in [6.45, 7) is 3.72. The predicted molar refractivity (Wildman–Crippen MR) is 57.1 cm³/mol. The van der Waals surface area contributed by atoms with Crippen molar-refractivity contribution in [2.45, 2.75) is 25.8 Å². The molecule has 0 fully saturated rings. The number of hydrogen-bond donors (Lipinski definition) is 1. The van der Waals surface area contributed by atoms with Crippen LogP contribution in [-0.2, 0) is 5.88 Å². The predicted octanol–water partition coefficient (Wildman–Crippen LogP) is 2.28. The molecule has 0 aliphatic carbocycles. The molecule has 0 amide bonds. The van der Waals surface area contributed by atoms with E-state index in [0.717, 1.165) is 5.76 Å². The number of hydrogen-bond acceptors (Lipinski definition) is 6. The fraction of sp³-hybridized carbons (Fsp3) is 0.444. The van der Waals surface area contributed by atoms with Crippen LogP contribution in [0.15, 0.2) is 15.0 Å². The molecule has 0 saturated carbocycles. The third kappa shape index (κ3) is 2.33. The van der Waals surface area contributed by atoms with Crippen molar-refractivity contribution < 1.29 is 8.83 Å². The zero-order valence-electron chi connectivity index (χ0n) is 8.90. The van der Waals surface area contributed by atoms with Crippen molar-refractivity contribution in [1.82, 2.24) is 15.2 Å². The fourth-order valence-corrected chi connectivity index (χ4v) is 1.29. The van der Waals surface area contributed by atoms with Crippen molar-refractivity contribution in [2.75, 3.05) is 5.32 Å². The number of nitrogens with zero attached hydrogens (tertiary/aromatic N) is 3. The Hall–Kier alpha value is -1.56. The van der Waals surface area contributed by atoms with E-state index in [9.17, 15) is 0 Å². The number of oxazole rings is 1. The summed E-state index contributed by atoms with van der Waals surface area (Å²) >= 11 is 5.54. The van der Waals surface area contributed by atoms with Crippen molar-refractivity contribution >= 4 is 17.6 Å². The van der Waals surface area contributed by atoms with Gasteiger partial charge in [0.15, 0.2) is 0 Å². The lowest BCUT2D eigenvalue weighted by Crippen LogP contribution is -2.07. The number of aryl methyl sites for hydroxylation is 1. The molecule has 1 N–H and O–H groups in total. The molecular weight excluding hydrogens is 232 g/mol. The molecule has 0 aliphatic rings. The van der Waals surface area contributed by atoms with Gasteiger partial charge in [-0.1, -0.05) is 5.10 Å². The lowest BCUT2D eigenvalue weighted by Gasteiger charge is -2.06. The van der Waals surface area contributed by atoms with Crippen LogP contribution in [0.25, 0.3) is 0 Å². The van der Waals surface area contributed by atoms with E-state index in [-0.39, 0.29) is 11.9 Å². The van der Waals surface area contributed by atoms with Crippen LogP contribution in [0.1, 0.15) is 30.5 Å². The summed E-state index contributed by atoms with van der Waals surface area (Å²) in [4.78, 5) is 4.09. The molecular formula is C9H11ClN4O2. The molecule has 16 heavy (non-hydrogen) atoms. The average molecular weight is 243 g/mol. The van der Waals surface area contributed by atoms with Crippen molar-refractivity contribution in [2.24, 2.45) is 0 Å². The number of nitrogens with one attached hydrogen (secondary N) is 1. The summed E-state index contributed by atoms with van der Waals surface area (Å²) < 4.78 is 10.6. The number of aromatic nitrogens is 3. The largest absolute Gasteiger partial charge is 0.444 e. The molecule has 2 heterocycles. The number of halogens is 1. The maximum absolute atomic E-state index is 5.54. The van der Waals surface area contributed by atoms with Gasteiger partial charge in [-0.25, -0.2) is 4.98 Å². The Morgan fingerprint density at radius 2 is 2.25 bits per heavy atom. The van der Waals surface area contributed by atoms with Crippen LogP contribution >= 0.6 is 11.6 Å². The van der Waals surface area contributed by atoms with Crippen LogP contribution < -0.4 is 5.32 Å². The molecule has 0 aliphatic heterocycles. The Balaban J connectivity index is 2.04. The fourth-order valence-electron chi connectivity index (χ4n) is 1.19. The van der Waals surface area contributed by atoms with E-state index in [1.165, 1.54) is 0 Å². The number of anilines is 1. The number of alkyl halides is 1. The average Bonchev–Trinajstić information content (AvgIpc) is 2.87. The molecule has 6 nitrogen and oxygen atoms in total. The molecule has 2 rings (SSSR count). The minimum Gasteiger partial charge on any atom is -0.444 e. The van der Waals surface area contributed by atoms with Crippen molar-refractivity contribution in [3.8, 4) is 0 Å². The normalized spacial score (nSPS) is 12.7. The first-order valence-electron chi connectivity index (χ1n) is 4.76. The van der Waals surface area contributed by atoms with E-state index in [4.69, 9.17) is 20.4 Å². The zero-order valence-corrected chi connectivity index (χ0v) is 9.65. The topological polar surface area (TPSA) is 77.0 Å². The van der Waals surface area contributed by atoms with E-state index in [2.05, 4.69) is 20.5 Å². The molecule has 86 valence electrons. The highest BCUT2D eigenvalue weighted by Crippen LogP contribution is 2.18. The number of rotatable bonds is 4. The third-order valence-electron chi connectivity index (χ3n) is 1.93. The zero-order chi connectivity index (χ0) is 11.5. The third-order valence-corrected chi connectivity index (χ3v) is 2.16. The van der Waals surface area contributed by atoms with Gasteiger partial charge in [-0.15, -0.1) is 16.7 Å². The van der Waals surface area contributed by atoms with Crippen LogP contribution in [0.3, 0.4) is 0 Å². The second kappa shape index (κ2) is 4.52. The molecule has 0 saturated heterocycles. The Morgan fingerprint density at radius 1 is 1.44 bits per heavy atom. The van der Waals surface area contributed by atoms with Gasteiger partial charge in [0.2, 0.25) is 11.8 Å². The molecule has 0 spiro atoms. The van der Waals surface area contributed by atoms with E-state index < -0.39 is 0 Å². The van der Waals surface area contributed by atoms with Crippen LogP contribution in [0.4, 0.5) is 6.01 Å². The molecule has 0 bridgehead atoms. The van der Waals surface area contributed by atoms with Gasteiger partial charge >= 0.3 is 6.01 Å². The monoisotopic (exact) mass is 242 g/mol. The van der Waals surface area contributed by atoms with Gasteiger partial charge < -0.3 is 14.2 Å². The van der Waals surface area contributed by atoms with E-state index in [1.54, 1.807) is 6.20 Å². The quantitative estimate of drug-likeness (QED) is 0.829. The SMILES string of the molecule is Cc1cnc(C(C)Nc2nnc(CCl)o2)o1. The Morgan fingerprint density at radius 3 is 2.81 bits per heavy atom. The van der Waals surface area contributed by atoms with Gasteiger partial charge in [0.05, 0.1) is 6.20 Å². The Bertz CT molecular complexity index is 468. The molecule has 0 aromatic carbocycles. The Kier molecular flexibility index (Phi) is 3.09. The second-order valence-corrected chi connectivity index (χ2v) is 3.58. The minimum absolute atomic E-state index is 0.141. The molecule has 1 atom stereocenters. The standard InChI is InChI=1S/C9H11ClN4O2/c1-5-4-11-8(15-5)6(2)12-9-14-13-7(3-10)16-9/h4,6H,3H2,1-2H3,(H,12,14). The maximum Gasteiger partial charge on any atom is 0.316 e. The van der Waals surface area contributed by atoms with Gasteiger partial charge in [0.25, 0.3) is 0 Å². The maximum atomic E-state index is 5.54. The van der Waals surface area contributed by atoms with Crippen molar-refractivity contribution in [3.63, 3.8) is 0 Å². The van der Waals surface area contributed by atoms with Gasteiger partial charge in [-0.05, 0) is 13.8 Å². The molecule has 7 heteroatoms. The second-order valence-electron chi connectivity index (χ2n) is 3.31. The highest BCUT2D eigenvalue weighted by molar-refractivity contribution is 6.16. The first-order chi connectivity index (χ1) is 7.69. The molecule has 0 radical (unpaired) electrons. The summed E-state index contributed by atoms with van der Waals surface area (Å²) in [7, 11) is 0. The first-order valence-corrected chi connectivity index (χ1v) is 5.29. The van der Waals surface area contributed by atoms with Crippen LogP contribution in [0.2, 0.25) is 0 Å². The molecule has 1 unspecified atom stereocenters. The first kappa shape index (κ1) is 10.9. The van der Waals surface area contributed by atoms with Crippen molar-refractivity contribution in [3.05, 3.63) is 23.7 Å². The van der Waals surface area contributed by atoms with Gasteiger partial charge in [0, 0.05) is 0 Å². The summed E-state index contributed by atoms with van der Waals surface area (Å²) in [6, 6.07) is 0.163. The van der Waals surface area contributed by atoms with Crippen LogP contribution in [0.5, 0.6) is 0 Å². The van der Waals surface area contributed by atoms with Gasteiger partial charge in [0.1, 0.15) is 17.7 Å². The molecule has 2 aromatic heterocycles. The van der Waals surface area contributed by atoms with Crippen LogP contribution in [-0.4, -0.2) is 15.2 Å². The van der Waals surface area contributed by atoms with Crippen LogP contribution in [0, 0.1) is 6.92 Å². The lowest BCUT2D eigenvalue weighted by atomic mass is 10.3. The summed E-state index contributed by atoms with van der Waals surface area (Å²) in [5, 5.41) is 10.5. The summed E-state index contributed by atoms with van der Waals surface area (Å²) in [6.07, 6.45) is 1.66. The van der Waals surface area contributed by atoms with Crippen molar-refractivity contribution in [1.29, 1.82) is 0 Å². The highest BCUT2D eigenvalue weighted by atomic mass is 35.5. The van der Waals surface area contributed by atoms with Gasteiger partial charge in [-0.2, -0.15) is 0 Å². The summed E-state index contributed by atoms with van der Waals surface area (Å²) in [5.41, 5.74) is 0. The molecule has 2 aromatic rings. The minimum atomic E-state index is -0.141. The summed E-state index contributed by atoms with van der Waals surface area (Å²) in [5.74, 6) is 1.90. The van der Waals surface area contributed by atoms with E-state index in [0.29, 0.717) is 17.8 Å². The lowest BCUT2D eigenvalue weighted by molar-refractivity contribution is 0.445. The highest BCUT2D eigenvalue weighted by Gasteiger charge is 2.14.